The Kier molecular flexibility index (Phi) is 2.46. The van der Waals surface area contributed by atoms with Gasteiger partial charge in [0.1, 0.15) is 0 Å². The summed E-state index contributed by atoms with van der Waals surface area (Å²) in [5, 5.41) is 10.1. The van der Waals surface area contributed by atoms with Crippen molar-refractivity contribution in [1.29, 1.82) is 0 Å². The van der Waals surface area contributed by atoms with E-state index < -0.39 is 0 Å². The first-order valence-electron chi connectivity index (χ1n) is 4.83. The van der Waals surface area contributed by atoms with Crippen molar-refractivity contribution in [2.75, 3.05) is 0 Å². The molecule has 0 unspecified atom stereocenters. The molecular weight excluding hydrogens is 174 g/mol. The standard InChI is InChI=1S/C12H13NO/c1-2-9-4-3-5-10-6-7-11(8-14)13-12(9)10/h3-7,14H,2,8H2,1H3. The molecule has 0 saturated carbocycles. The van der Waals surface area contributed by atoms with Crippen LogP contribution < -0.4 is 0 Å². The van der Waals surface area contributed by atoms with Crippen molar-refractivity contribution >= 4 is 10.9 Å². The highest BCUT2D eigenvalue weighted by atomic mass is 16.3. The van der Waals surface area contributed by atoms with E-state index in [2.05, 4.69) is 18.0 Å². The van der Waals surface area contributed by atoms with E-state index in [0.717, 1.165) is 23.0 Å². The Morgan fingerprint density at radius 1 is 1.21 bits per heavy atom. The molecule has 14 heavy (non-hydrogen) atoms. The Hall–Kier alpha value is -1.41. The second kappa shape index (κ2) is 3.76. The number of benzene rings is 1. The third kappa shape index (κ3) is 1.49. The third-order valence-electron chi connectivity index (χ3n) is 2.40. The van der Waals surface area contributed by atoms with E-state index in [1.807, 2.05) is 24.3 Å². The van der Waals surface area contributed by atoms with E-state index in [1.165, 1.54) is 5.56 Å². The summed E-state index contributed by atoms with van der Waals surface area (Å²) in [5.41, 5.74) is 2.98. The first-order valence-corrected chi connectivity index (χ1v) is 4.83. The lowest BCUT2D eigenvalue weighted by Gasteiger charge is -2.04. The van der Waals surface area contributed by atoms with Crippen molar-refractivity contribution in [3.63, 3.8) is 0 Å². The Balaban J connectivity index is 2.70. The van der Waals surface area contributed by atoms with Crippen LogP contribution in [0.25, 0.3) is 10.9 Å². The zero-order valence-electron chi connectivity index (χ0n) is 8.20. The quantitative estimate of drug-likeness (QED) is 0.782. The predicted octanol–water partition coefficient (Wildman–Crippen LogP) is 2.29. The van der Waals surface area contributed by atoms with Crippen LogP contribution in [0.2, 0.25) is 0 Å². The summed E-state index contributed by atoms with van der Waals surface area (Å²) in [4.78, 5) is 4.41. The number of aromatic nitrogens is 1. The third-order valence-corrected chi connectivity index (χ3v) is 2.40. The SMILES string of the molecule is CCc1cccc2ccc(CO)nc12. The topological polar surface area (TPSA) is 33.1 Å². The van der Waals surface area contributed by atoms with Crippen molar-refractivity contribution in [2.45, 2.75) is 20.0 Å². The molecule has 0 aliphatic rings. The number of aliphatic hydroxyl groups excluding tert-OH is 1. The largest absolute Gasteiger partial charge is 0.390 e. The van der Waals surface area contributed by atoms with Crippen LogP contribution in [0.1, 0.15) is 18.2 Å². The Morgan fingerprint density at radius 3 is 2.79 bits per heavy atom. The van der Waals surface area contributed by atoms with Crippen LogP contribution in [-0.2, 0) is 13.0 Å². The maximum atomic E-state index is 9.00. The molecule has 2 rings (SSSR count). The number of hydrogen-bond acceptors (Lipinski definition) is 2. The molecule has 0 spiro atoms. The van der Waals surface area contributed by atoms with Gasteiger partial charge in [0.15, 0.2) is 0 Å². The molecule has 0 atom stereocenters. The lowest BCUT2D eigenvalue weighted by atomic mass is 10.1. The number of pyridine rings is 1. The van der Waals surface area contributed by atoms with Gasteiger partial charge in [0, 0.05) is 5.39 Å². The van der Waals surface area contributed by atoms with Crippen LogP contribution in [0.4, 0.5) is 0 Å². The van der Waals surface area contributed by atoms with E-state index in [4.69, 9.17) is 5.11 Å². The van der Waals surface area contributed by atoms with E-state index >= 15 is 0 Å². The molecule has 72 valence electrons. The molecule has 0 fully saturated rings. The normalized spacial score (nSPS) is 10.7. The minimum atomic E-state index is 0.00793. The van der Waals surface area contributed by atoms with Crippen molar-refractivity contribution in [2.24, 2.45) is 0 Å². The first-order chi connectivity index (χ1) is 6.85. The van der Waals surface area contributed by atoms with Gasteiger partial charge in [0.25, 0.3) is 0 Å². The number of fused-ring (bicyclic) bond motifs is 1. The molecule has 0 bridgehead atoms. The summed E-state index contributed by atoms with van der Waals surface area (Å²) in [6.07, 6.45) is 0.971. The molecule has 1 aromatic heterocycles. The van der Waals surface area contributed by atoms with Crippen LogP contribution in [0, 0.1) is 0 Å². The summed E-state index contributed by atoms with van der Waals surface area (Å²) in [7, 11) is 0. The summed E-state index contributed by atoms with van der Waals surface area (Å²) in [5.74, 6) is 0. The maximum Gasteiger partial charge on any atom is 0.0853 e. The van der Waals surface area contributed by atoms with Gasteiger partial charge in [-0.3, -0.25) is 4.98 Å². The molecule has 1 N–H and O–H groups in total. The molecule has 0 saturated heterocycles. The molecule has 2 aromatic rings. The minimum Gasteiger partial charge on any atom is -0.390 e. The van der Waals surface area contributed by atoms with Gasteiger partial charge in [-0.1, -0.05) is 31.2 Å². The smallest absolute Gasteiger partial charge is 0.0853 e. The summed E-state index contributed by atoms with van der Waals surface area (Å²) in [6.45, 7) is 2.12. The highest BCUT2D eigenvalue weighted by molar-refractivity contribution is 5.81. The Bertz CT molecular complexity index is 451. The number of para-hydroxylation sites is 1. The Labute approximate surface area is 83.2 Å². The lowest BCUT2D eigenvalue weighted by Crippen LogP contribution is -1.92. The second-order valence-electron chi connectivity index (χ2n) is 3.30. The summed E-state index contributed by atoms with van der Waals surface area (Å²) >= 11 is 0. The van der Waals surface area contributed by atoms with Crippen LogP contribution in [0.5, 0.6) is 0 Å². The minimum absolute atomic E-state index is 0.00793. The molecule has 0 aliphatic carbocycles. The monoisotopic (exact) mass is 187 g/mol. The van der Waals surface area contributed by atoms with E-state index in [1.54, 1.807) is 0 Å². The summed E-state index contributed by atoms with van der Waals surface area (Å²) < 4.78 is 0. The fourth-order valence-electron chi connectivity index (χ4n) is 1.62. The number of aliphatic hydroxyl groups is 1. The molecule has 0 aliphatic heterocycles. The van der Waals surface area contributed by atoms with Crippen molar-refractivity contribution in [1.82, 2.24) is 4.98 Å². The fourth-order valence-corrected chi connectivity index (χ4v) is 1.62. The highest BCUT2D eigenvalue weighted by Crippen LogP contribution is 2.17. The number of aryl methyl sites for hydroxylation is 1. The van der Waals surface area contributed by atoms with Crippen LogP contribution >= 0.6 is 0 Å². The van der Waals surface area contributed by atoms with Gasteiger partial charge < -0.3 is 5.11 Å². The van der Waals surface area contributed by atoms with Crippen molar-refractivity contribution in [3.05, 3.63) is 41.6 Å². The number of rotatable bonds is 2. The molecule has 2 nitrogen and oxygen atoms in total. The van der Waals surface area contributed by atoms with Gasteiger partial charge in [-0.25, -0.2) is 0 Å². The van der Waals surface area contributed by atoms with Crippen LogP contribution in [0.15, 0.2) is 30.3 Å². The zero-order chi connectivity index (χ0) is 9.97. The summed E-state index contributed by atoms with van der Waals surface area (Å²) in [6, 6.07) is 10.0. The van der Waals surface area contributed by atoms with Gasteiger partial charge >= 0.3 is 0 Å². The lowest BCUT2D eigenvalue weighted by molar-refractivity contribution is 0.277. The molecule has 0 radical (unpaired) electrons. The van der Waals surface area contributed by atoms with Crippen LogP contribution in [0.3, 0.4) is 0 Å². The molecule has 0 amide bonds. The fraction of sp³-hybridized carbons (Fsp3) is 0.250. The number of hydrogen-bond donors (Lipinski definition) is 1. The average molecular weight is 187 g/mol. The zero-order valence-corrected chi connectivity index (χ0v) is 8.20. The maximum absolute atomic E-state index is 9.00. The van der Waals surface area contributed by atoms with E-state index in [9.17, 15) is 0 Å². The van der Waals surface area contributed by atoms with Gasteiger partial charge in [0.2, 0.25) is 0 Å². The Morgan fingerprint density at radius 2 is 2.07 bits per heavy atom. The second-order valence-corrected chi connectivity index (χ2v) is 3.30. The van der Waals surface area contributed by atoms with Gasteiger partial charge in [0.05, 0.1) is 17.8 Å². The molecule has 1 aromatic carbocycles. The van der Waals surface area contributed by atoms with Gasteiger partial charge in [-0.15, -0.1) is 0 Å². The van der Waals surface area contributed by atoms with Crippen molar-refractivity contribution < 1.29 is 5.11 Å². The molecule has 1 heterocycles. The predicted molar refractivity (Wildman–Crippen MR) is 57.0 cm³/mol. The van der Waals surface area contributed by atoms with Gasteiger partial charge in [-0.05, 0) is 18.1 Å². The number of nitrogens with zero attached hydrogens (tertiary/aromatic N) is 1. The van der Waals surface area contributed by atoms with Crippen LogP contribution in [-0.4, -0.2) is 10.1 Å². The molecular formula is C12H13NO. The average Bonchev–Trinajstić information content (AvgIpc) is 2.27. The van der Waals surface area contributed by atoms with Gasteiger partial charge in [-0.2, -0.15) is 0 Å². The van der Waals surface area contributed by atoms with E-state index in [0.29, 0.717) is 0 Å². The van der Waals surface area contributed by atoms with E-state index in [-0.39, 0.29) is 6.61 Å². The van der Waals surface area contributed by atoms with Crippen molar-refractivity contribution in [3.8, 4) is 0 Å². The first kappa shape index (κ1) is 9.16. The molecule has 2 heteroatoms. The highest BCUT2D eigenvalue weighted by Gasteiger charge is 2.01.